The van der Waals surface area contributed by atoms with Crippen LogP contribution in [-0.4, -0.2) is 35.4 Å². The lowest BCUT2D eigenvalue weighted by Crippen LogP contribution is -2.43. The first-order chi connectivity index (χ1) is 17.3. The smallest absolute Gasteiger partial charge is 0.330 e. The monoisotopic (exact) mass is 491 g/mol. The van der Waals surface area contributed by atoms with Crippen molar-refractivity contribution >= 4 is 11.7 Å². The third kappa shape index (κ3) is 4.80. The molecule has 1 aromatic heterocycles. The van der Waals surface area contributed by atoms with Gasteiger partial charge in [-0.3, -0.25) is 13.9 Å². The van der Waals surface area contributed by atoms with Crippen LogP contribution in [0, 0.1) is 20.8 Å². The SMILES string of the molecule is CCOC(=O)Cn1c(=Nc2c(C)cc(C)cc2C)cc2n(c1=O)CCc1cc(OCC)c(OC)cc1-2. The van der Waals surface area contributed by atoms with Crippen molar-refractivity contribution in [2.24, 2.45) is 4.99 Å². The lowest BCUT2D eigenvalue weighted by molar-refractivity contribution is -0.144. The molecule has 190 valence electrons. The molecule has 1 aliphatic rings. The second kappa shape index (κ2) is 10.4. The predicted octanol–water partition coefficient (Wildman–Crippen LogP) is 4.00. The van der Waals surface area contributed by atoms with Crippen LogP contribution < -0.4 is 20.7 Å². The van der Waals surface area contributed by atoms with Crippen LogP contribution in [0.1, 0.15) is 36.1 Å². The molecule has 8 nitrogen and oxygen atoms in total. The molecular weight excluding hydrogens is 458 g/mol. The van der Waals surface area contributed by atoms with Crippen molar-refractivity contribution in [3.8, 4) is 22.8 Å². The van der Waals surface area contributed by atoms with Gasteiger partial charge < -0.3 is 14.2 Å². The van der Waals surface area contributed by atoms with Crippen LogP contribution in [0.25, 0.3) is 11.3 Å². The quantitative estimate of drug-likeness (QED) is 0.467. The molecule has 0 fully saturated rings. The van der Waals surface area contributed by atoms with E-state index in [1.807, 2.05) is 45.9 Å². The van der Waals surface area contributed by atoms with Crippen LogP contribution >= 0.6 is 0 Å². The molecule has 0 unspecified atom stereocenters. The van der Waals surface area contributed by atoms with E-state index in [0.29, 0.717) is 36.6 Å². The summed E-state index contributed by atoms with van der Waals surface area (Å²) in [5.41, 5.74) is 6.68. The van der Waals surface area contributed by atoms with Gasteiger partial charge in [-0.05, 0) is 69.9 Å². The van der Waals surface area contributed by atoms with Gasteiger partial charge in [-0.2, -0.15) is 0 Å². The molecule has 8 heteroatoms. The summed E-state index contributed by atoms with van der Waals surface area (Å²) in [5, 5.41) is 0. The zero-order valence-electron chi connectivity index (χ0n) is 21.8. The third-order valence-corrected chi connectivity index (χ3v) is 6.32. The van der Waals surface area contributed by atoms with Gasteiger partial charge >= 0.3 is 11.7 Å². The summed E-state index contributed by atoms with van der Waals surface area (Å²) in [5.74, 6) is 0.801. The molecule has 1 aliphatic heterocycles. The number of methoxy groups -OCH3 is 1. The Kier molecular flexibility index (Phi) is 7.33. The summed E-state index contributed by atoms with van der Waals surface area (Å²) in [6.45, 7) is 10.7. The standard InChI is InChI=1S/C28H33N3O5/c1-7-35-24-13-20-9-10-30-22(21(20)14-23(24)34-6)15-25(31(28(30)33)16-26(32)36-8-2)29-27-18(4)11-17(3)12-19(27)5/h11-15H,7-10,16H2,1-6H3. The number of rotatable bonds is 7. The molecule has 0 amide bonds. The van der Waals surface area contributed by atoms with Crippen LogP contribution in [0.2, 0.25) is 0 Å². The van der Waals surface area contributed by atoms with Crippen molar-refractivity contribution in [3.63, 3.8) is 0 Å². The van der Waals surface area contributed by atoms with E-state index < -0.39 is 5.97 Å². The molecule has 3 aromatic rings. The minimum Gasteiger partial charge on any atom is -0.493 e. The van der Waals surface area contributed by atoms with Crippen molar-refractivity contribution < 1.29 is 19.0 Å². The number of esters is 1. The van der Waals surface area contributed by atoms with Gasteiger partial charge in [0, 0.05) is 18.2 Å². The fraction of sp³-hybridized carbons (Fsp3) is 0.393. The fourth-order valence-electron chi connectivity index (χ4n) is 4.81. The number of nitrogens with zero attached hydrogens (tertiary/aromatic N) is 3. The number of hydrogen-bond donors (Lipinski definition) is 0. The summed E-state index contributed by atoms with van der Waals surface area (Å²) in [6.07, 6.45) is 0.651. The number of aromatic nitrogens is 2. The van der Waals surface area contributed by atoms with Gasteiger partial charge in [0.25, 0.3) is 0 Å². The van der Waals surface area contributed by atoms with E-state index in [0.717, 1.165) is 39.2 Å². The average molecular weight is 492 g/mol. The predicted molar refractivity (Wildman–Crippen MR) is 138 cm³/mol. The first-order valence-electron chi connectivity index (χ1n) is 12.2. The van der Waals surface area contributed by atoms with Crippen LogP contribution in [0.3, 0.4) is 0 Å². The Hall–Kier alpha value is -3.81. The summed E-state index contributed by atoms with van der Waals surface area (Å²) in [7, 11) is 1.60. The van der Waals surface area contributed by atoms with Crippen molar-refractivity contribution in [2.75, 3.05) is 20.3 Å². The molecule has 2 heterocycles. The molecule has 0 saturated carbocycles. The second-order valence-electron chi connectivity index (χ2n) is 8.92. The van der Waals surface area contributed by atoms with Crippen molar-refractivity contribution in [2.45, 2.75) is 54.1 Å². The summed E-state index contributed by atoms with van der Waals surface area (Å²) in [6, 6.07) is 9.88. The van der Waals surface area contributed by atoms with Crippen LogP contribution in [0.5, 0.6) is 11.5 Å². The zero-order valence-corrected chi connectivity index (χ0v) is 21.8. The molecule has 36 heavy (non-hydrogen) atoms. The maximum absolute atomic E-state index is 13.7. The first kappa shape index (κ1) is 25.3. The minimum atomic E-state index is -0.479. The van der Waals surface area contributed by atoms with Gasteiger partial charge in [0.15, 0.2) is 11.5 Å². The fourth-order valence-corrected chi connectivity index (χ4v) is 4.81. The Morgan fingerprint density at radius 1 is 1.00 bits per heavy atom. The molecule has 0 bridgehead atoms. The highest BCUT2D eigenvalue weighted by atomic mass is 16.5. The zero-order chi connectivity index (χ0) is 26.0. The number of benzene rings is 2. The van der Waals surface area contributed by atoms with Crippen LogP contribution in [-0.2, 0) is 29.0 Å². The Morgan fingerprint density at radius 3 is 2.36 bits per heavy atom. The van der Waals surface area contributed by atoms with E-state index >= 15 is 0 Å². The molecule has 0 saturated heterocycles. The van der Waals surface area contributed by atoms with E-state index in [4.69, 9.17) is 19.2 Å². The van der Waals surface area contributed by atoms with Crippen molar-refractivity contribution in [1.82, 2.24) is 9.13 Å². The molecule has 4 rings (SSSR count). The topological polar surface area (TPSA) is 84.1 Å². The van der Waals surface area contributed by atoms with Crippen molar-refractivity contribution in [3.05, 3.63) is 68.6 Å². The lowest BCUT2D eigenvalue weighted by atomic mass is 9.97. The maximum atomic E-state index is 13.7. The van der Waals surface area contributed by atoms with Gasteiger partial charge in [-0.1, -0.05) is 17.7 Å². The molecule has 0 atom stereocenters. The summed E-state index contributed by atoms with van der Waals surface area (Å²) >= 11 is 0. The number of fused-ring (bicyclic) bond motifs is 3. The Bertz CT molecular complexity index is 1430. The Balaban J connectivity index is 2.00. The Labute approximate surface area is 210 Å². The van der Waals surface area contributed by atoms with Crippen LogP contribution in [0.4, 0.5) is 5.69 Å². The van der Waals surface area contributed by atoms with E-state index in [2.05, 4.69) is 12.1 Å². The van der Waals surface area contributed by atoms with Crippen LogP contribution in [0.15, 0.2) is 40.1 Å². The van der Waals surface area contributed by atoms with E-state index in [-0.39, 0.29) is 18.8 Å². The van der Waals surface area contributed by atoms with Gasteiger partial charge in [-0.15, -0.1) is 0 Å². The highest BCUT2D eigenvalue weighted by molar-refractivity contribution is 5.71. The Morgan fingerprint density at radius 2 is 1.72 bits per heavy atom. The van der Waals surface area contributed by atoms with E-state index in [1.165, 1.54) is 4.57 Å². The average Bonchev–Trinajstić information content (AvgIpc) is 2.83. The van der Waals surface area contributed by atoms with Gasteiger partial charge in [0.05, 0.1) is 31.7 Å². The molecule has 0 N–H and O–H groups in total. The number of aryl methyl sites for hydroxylation is 4. The summed E-state index contributed by atoms with van der Waals surface area (Å²) < 4.78 is 19.6. The molecule has 0 spiro atoms. The van der Waals surface area contributed by atoms with Gasteiger partial charge in [-0.25, -0.2) is 9.79 Å². The maximum Gasteiger partial charge on any atom is 0.330 e. The van der Waals surface area contributed by atoms with E-state index in [9.17, 15) is 9.59 Å². The first-order valence-corrected chi connectivity index (χ1v) is 12.2. The number of hydrogen-bond acceptors (Lipinski definition) is 6. The molecular formula is C28H33N3O5. The molecule has 2 aromatic carbocycles. The number of carbonyl (C=O) groups excluding carboxylic acids is 1. The van der Waals surface area contributed by atoms with Gasteiger partial charge in [0.2, 0.25) is 0 Å². The third-order valence-electron chi connectivity index (χ3n) is 6.32. The minimum absolute atomic E-state index is 0.213. The highest BCUT2D eigenvalue weighted by Gasteiger charge is 2.23. The second-order valence-corrected chi connectivity index (χ2v) is 8.92. The molecule has 0 aliphatic carbocycles. The summed E-state index contributed by atoms with van der Waals surface area (Å²) in [4.78, 5) is 31.1. The number of ether oxygens (including phenoxy) is 3. The number of carbonyl (C=O) groups is 1. The highest BCUT2D eigenvalue weighted by Crippen LogP contribution is 2.37. The van der Waals surface area contributed by atoms with E-state index in [1.54, 1.807) is 18.6 Å². The largest absolute Gasteiger partial charge is 0.493 e. The normalized spacial score (nSPS) is 12.7. The molecule has 0 radical (unpaired) electrons. The van der Waals surface area contributed by atoms with Crippen molar-refractivity contribution in [1.29, 1.82) is 0 Å². The lowest BCUT2D eigenvalue weighted by Gasteiger charge is -2.24. The van der Waals surface area contributed by atoms with Gasteiger partial charge in [0.1, 0.15) is 12.0 Å².